The molecule has 4 aromatic rings. The van der Waals surface area contributed by atoms with Crippen LogP contribution >= 0.6 is 0 Å². The summed E-state index contributed by atoms with van der Waals surface area (Å²) in [5, 5.41) is 19.4. The Balaban J connectivity index is 1.33. The fraction of sp³-hybridized carbons (Fsp3) is 0.371. The SMILES string of the molecule is COc1cc(C(=O)CCC(O)(Cn2cccn2)c2cc3c(c(-c4ccc(F)c(C)c4)n2)OCC3(C)C)ccc1OC1CCNC1=O. The fourth-order valence-corrected chi connectivity index (χ4v) is 5.93. The lowest BCUT2D eigenvalue weighted by atomic mass is 9.83. The molecule has 0 saturated carbocycles. The number of nitrogens with one attached hydrogen (secondary N) is 1. The van der Waals surface area contributed by atoms with Gasteiger partial charge in [-0.15, -0.1) is 0 Å². The number of benzene rings is 2. The van der Waals surface area contributed by atoms with Crippen LogP contribution in [-0.4, -0.2) is 57.9 Å². The molecule has 0 bridgehead atoms. The number of aliphatic hydroxyl groups is 1. The highest BCUT2D eigenvalue weighted by molar-refractivity contribution is 5.96. The van der Waals surface area contributed by atoms with Gasteiger partial charge in [0.05, 0.1) is 26.0 Å². The van der Waals surface area contributed by atoms with Crippen LogP contribution in [0.25, 0.3) is 11.3 Å². The van der Waals surface area contributed by atoms with Crippen molar-refractivity contribution in [2.45, 2.75) is 63.7 Å². The van der Waals surface area contributed by atoms with E-state index in [1.54, 1.807) is 60.4 Å². The second-order valence-corrected chi connectivity index (χ2v) is 12.6. The van der Waals surface area contributed by atoms with Gasteiger partial charge < -0.3 is 24.6 Å². The molecule has 0 radical (unpaired) electrons. The van der Waals surface area contributed by atoms with Crippen LogP contribution in [0, 0.1) is 12.7 Å². The molecular weight excluding hydrogens is 591 g/mol. The predicted molar refractivity (Wildman–Crippen MR) is 168 cm³/mol. The van der Waals surface area contributed by atoms with Gasteiger partial charge >= 0.3 is 0 Å². The molecule has 46 heavy (non-hydrogen) atoms. The number of rotatable bonds is 11. The maximum Gasteiger partial charge on any atom is 0.261 e. The van der Waals surface area contributed by atoms with E-state index in [0.717, 1.165) is 5.56 Å². The Labute approximate surface area is 266 Å². The monoisotopic (exact) mass is 628 g/mol. The molecule has 240 valence electrons. The van der Waals surface area contributed by atoms with Crippen LogP contribution in [0.15, 0.2) is 60.9 Å². The van der Waals surface area contributed by atoms with Gasteiger partial charge in [-0.05, 0) is 67.4 Å². The van der Waals surface area contributed by atoms with E-state index in [9.17, 15) is 19.1 Å². The molecule has 2 N–H and O–H groups in total. The zero-order chi connectivity index (χ0) is 32.6. The van der Waals surface area contributed by atoms with E-state index in [1.807, 2.05) is 6.07 Å². The normalized spacial score (nSPS) is 18.0. The van der Waals surface area contributed by atoms with Gasteiger partial charge in [-0.3, -0.25) is 14.3 Å². The first-order valence-electron chi connectivity index (χ1n) is 15.3. The molecule has 6 rings (SSSR count). The summed E-state index contributed by atoms with van der Waals surface area (Å²) in [6.45, 7) is 6.80. The quantitative estimate of drug-likeness (QED) is 0.225. The third-order valence-electron chi connectivity index (χ3n) is 8.69. The van der Waals surface area contributed by atoms with Gasteiger partial charge in [-0.2, -0.15) is 5.10 Å². The number of ketones is 1. The number of carbonyl (C=O) groups excluding carboxylic acids is 2. The summed E-state index contributed by atoms with van der Waals surface area (Å²) in [5.74, 6) is 0.563. The van der Waals surface area contributed by atoms with Gasteiger partial charge in [0.25, 0.3) is 5.91 Å². The molecule has 1 amide bonds. The minimum absolute atomic E-state index is 0.0181. The van der Waals surface area contributed by atoms with Crippen LogP contribution in [0.5, 0.6) is 17.2 Å². The largest absolute Gasteiger partial charge is 0.493 e. The van der Waals surface area contributed by atoms with Gasteiger partial charge in [0, 0.05) is 53.9 Å². The number of ether oxygens (including phenoxy) is 3. The fourth-order valence-electron chi connectivity index (χ4n) is 5.93. The summed E-state index contributed by atoms with van der Waals surface area (Å²) in [5.41, 5.74) is 1.25. The zero-order valence-corrected chi connectivity index (χ0v) is 26.3. The van der Waals surface area contributed by atoms with Crippen molar-refractivity contribution in [3.05, 3.63) is 89.1 Å². The highest BCUT2D eigenvalue weighted by Crippen LogP contribution is 2.46. The number of aryl methyl sites for hydroxylation is 1. The van der Waals surface area contributed by atoms with E-state index in [0.29, 0.717) is 64.9 Å². The summed E-state index contributed by atoms with van der Waals surface area (Å²) in [6, 6.07) is 13.2. The highest BCUT2D eigenvalue weighted by Gasteiger charge is 2.40. The van der Waals surface area contributed by atoms with Crippen LogP contribution in [0.1, 0.15) is 60.3 Å². The smallest absolute Gasteiger partial charge is 0.261 e. The lowest BCUT2D eigenvalue weighted by molar-refractivity contribution is -0.124. The molecular formula is C35H37FN4O6. The van der Waals surface area contributed by atoms with Gasteiger partial charge in [0.1, 0.15) is 22.9 Å². The molecule has 2 unspecified atom stereocenters. The van der Waals surface area contributed by atoms with Crippen LogP contribution in [0.2, 0.25) is 0 Å². The molecule has 2 atom stereocenters. The average molecular weight is 629 g/mol. The van der Waals surface area contributed by atoms with E-state index in [2.05, 4.69) is 24.3 Å². The first-order chi connectivity index (χ1) is 22.0. The van der Waals surface area contributed by atoms with Crippen LogP contribution in [0.3, 0.4) is 0 Å². The number of fused-ring (bicyclic) bond motifs is 1. The number of amides is 1. The summed E-state index contributed by atoms with van der Waals surface area (Å²) >= 11 is 0. The van der Waals surface area contributed by atoms with E-state index in [1.165, 1.54) is 13.2 Å². The van der Waals surface area contributed by atoms with E-state index in [4.69, 9.17) is 19.2 Å². The van der Waals surface area contributed by atoms with Gasteiger partial charge in [0.15, 0.2) is 23.4 Å². The van der Waals surface area contributed by atoms with Crippen molar-refractivity contribution in [1.82, 2.24) is 20.1 Å². The molecule has 2 aliphatic rings. The van der Waals surface area contributed by atoms with Crippen molar-refractivity contribution in [3.8, 4) is 28.5 Å². The van der Waals surface area contributed by atoms with Crippen molar-refractivity contribution in [3.63, 3.8) is 0 Å². The molecule has 0 spiro atoms. The van der Waals surface area contributed by atoms with E-state index < -0.39 is 11.7 Å². The third-order valence-corrected chi connectivity index (χ3v) is 8.69. The van der Waals surface area contributed by atoms with Crippen molar-refractivity contribution in [2.75, 3.05) is 20.3 Å². The number of hydrogen-bond acceptors (Lipinski definition) is 8. The van der Waals surface area contributed by atoms with Crippen molar-refractivity contribution >= 4 is 11.7 Å². The second kappa shape index (κ2) is 12.2. The van der Waals surface area contributed by atoms with Crippen LogP contribution < -0.4 is 19.5 Å². The molecule has 1 fully saturated rings. The van der Waals surface area contributed by atoms with Crippen LogP contribution in [-0.2, 0) is 22.4 Å². The maximum absolute atomic E-state index is 14.2. The Hall–Kier alpha value is -4.77. The number of aromatic nitrogens is 3. The summed E-state index contributed by atoms with van der Waals surface area (Å²) in [6.07, 6.45) is 3.30. The average Bonchev–Trinajstić information content (AvgIpc) is 3.78. The van der Waals surface area contributed by atoms with Gasteiger partial charge in [-0.25, -0.2) is 9.37 Å². The molecule has 4 heterocycles. The molecule has 2 aromatic heterocycles. The minimum Gasteiger partial charge on any atom is -0.493 e. The van der Waals surface area contributed by atoms with Crippen molar-refractivity contribution in [2.24, 2.45) is 0 Å². The van der Waals surface area contributed by atoms with Crippen molar-refractivity contribution in [1.29, 1.82) is 0 Å². The Morgan fingerprint density at radius 1 is 1.22 bits per heavy atom. The number of carbonyl (C=O) groups is 2. The second-order valence-electron chi connectivity index (χ2n) is 12.6. The standard InChI is InChI=1S/C35H37FN4O6/c1-21-16-23(6-8-25(21)36)31-32-24(34(2,3)20-45-32)18-30(39-31)35(43,19-40-15-5-13-38-40)12-10-26(41)22-7-9-27(29(17-22)44-4)46-28-11-14-37-33(28)42/h5-9,13,15-18,28,43H,10-12,14,19-20H2,1-4H3,(H,37,42). The number of pyridine rings is 1. The van der Waals surface area contributed by atoms with Gasteiger partial charge in [0.2, 0.25) is 0 Å². The molecule has 2 aromatic carbocycles. The maximum atomic E-state index is 14.2. The molecule has 10 nitrogen and oxygen atoms in total. The number of hydrogen-bond donors (Lipinski definition) is 2. The predicted octanol–water partition coefficient (Wildman–Crippen LogP) is 4.89. The number of methoxy groups -OCH3 is 1. The molecule has 1 saturated heterocycles. The lowest BCUT2D eigenvalue weighted by Crippen LogP contribution is -2.34. The highest BCUT2D eigenvalue weighted by atomic mass is 19.1. The Bertz CT molecular complexity index is 1790. The number of nitrogens with zero attached hydrogens (tertiary/aromatic N) is 3. The van der Waals surface area contributed by atoms with E-state index in [-0.39, 0.29) is 42.3 Å². The third kappa shape index (κ3) is 6.06. The Kier molecular flexibility index (Phi) is 8.28. The van der Waals surface area contributed by atoms with E-state index >= 15 is 0 Å². The Morgan fingerprint density at radius 3 is 2.74 bits per heavy atom. The van der Waals surface area contributed by atoms with Gasteiger partial charge in [-0.1, -0.05) is 13.8 Å². The Morgan fingerprint density at radius 2 is 2.04 bits per heavy atom. The summed E-state index contributed by atoms with van der Waals surface area (Å²) < 4.78 is 33.3. The van der Waals surface area contributed by atoms with Crippen molar-refractivity contribution < 1.29 is 33.3 Å². The molecule has 11 heteroatoms. The first kappa shape index (κ1) is 31.2. The number of halogens is 1. The van der Waals surface area contributed by atoms with Crippen LogP contribution in [0.4, 0.5) is 4.39 Å². The molecule has 2 aliphatic heterocycles. The lowest BCUT2D eigenvalue weighted by Gasteiger charge is -2.29. The number of Topliss-reactive ketones (excluding diaryl/α,β-unsaturated/α-hetero) is 1. The zero-order valence-electron chi connectivity index (χ0n) is 26.3. The topological polar surface area (TPSA) is 125 Å². The summed E-state index contributed by atoms with van der Waals surface area (Å²) in [4.78, 5) is 30.5. The first-order valence-corrected chi connectivity index (χ1v) is 15.3. The molecule has 0 aliphatic carbocycles. The minimum atomic E-state index is -1.61. The summed E-state index contributed by atoms with van der Waals surface area (Å²) in [7, 11) is 1.47.